The summed E-state index contributed by atoms with van der Waals surface area (Å²) in [6, 6.07) is 0. The fourth-order valence-electron chi connectivity index (χ4n) is 9.46. The van der Waals surface area contributed by atoms with Gasteiger partial charge in [-0.1, -0.05) is 13.0 Å². The molecule has 7 nitrogen and oxygen atoms in total. The van der Waals surface area contributed by atoms with Gasteiger partial charge in [-0.05, 0) is 93.6 Å². The van der Waals surface area contributed by atoms with E-state index in [0.29, 0.717) is 24.0 Å². The van der Waals surface area contributed by atoms with Crippen molar-refractivity contribution in [2.24, 2.45) is 34.5 Å². The molecule has 35 heavy (non-hydrogen) atoms. The van der Waals surface area contributed by atoms with E-state index in [1.807, 2.05) is 6.92 Å². The summed E-state index contributed by atoms with van der Waals surface area (Å²) < 4.78 is 11.9. The highest BCUT2D eigenvalue weighted by Gasteiger charge is 2.78. The zero-order valence-corrected chi connectivity index (χ0v) is 21.1. The minimum absolute atomic E-state index is 0.00755. The average Bonchev–Trinajstić information content (AvgIpc) is 3.53. The standard InChI is InChI=1S/C28H38O7/c1-14-15(13-29)12-20(34-24(14)31)27(4,32)18-8-7-16-21-17(9-11-25(16,18)2)26(3)19(30)6-5-10-28(26,33)23-22(21)35-23/h5-6,16-18,20-23,29,32-33H,7-13H2,1-4H3/t16-,17-,18-,20+,21-,22-,23-,25-,26-,27+,28-/m0/s1. The van der Waals surface area contributed by atoms with Crippen LogP contribution in [0.5, 0.6) is 0 Å². The van der Waals surface area contributed by atoms with Gasteiger partial charge in [-0.2, -0.15) is 0 Å². The maximum atomic E-state index is 13.3. The largest absolute Gasteiger partial charge is 0.456 e. The van der Waals surface area contributed by atoms with Crippen LogP contribution in [0.25, 0.3) is 0 Å². The van der Waals surface area contributed by atoms with E-state index in [-0.39, 0.29) is 53.7 Å². The first kappa shape index (κ1) is 23.8. The van der Waals surface area contributed by atoms with Gasteiger partial charge in [0.2, 0.25) is 0 Å². The Morgan fingerprint density at radius 1 is 1.17 bits per heavy atom. The number of carbonyl (C=O) groups is 2. The van der Waals surface area contributed by atoms with Crippen LogP contribution in [-0.2, 0) is 19.1 Å². The predicted octanol–water partition coefficient (Wildman–Crippen LogP) is 2.47. The Hall–Kier alpha value is -1.54. The Morgan fingerprint density at radius 3 is 2.63 bits per heavy atom. The van der Waals surface area contributed by atoms with Crippen molar-refractivity contribution in [2.75, 3.05) is 6.61 Å². The van der Waals surface area contributed by atoms with Gasteiger partial charge in [-0.25, -0.2) is 4.79 Å². The smallest absolute Gasteiger partial charge is 0.334 e. The molecule has 0 aromatic rings. The Bertz CT molecular complexity index is 1040. The molecule has 3 N–H and O–H groups in total. The summed E-state index contributed by atoms with van der Waals surface area (Å²) in [6.45, 7) is 7.43. The Kier molecular flexibility index (Phi) is 4.95. The summed E-state index contributed by atoms with van der Waals surface area (Å²) in [5.41, 5.74) is -2.40. The number of cyclic esters (lactones) is 1. The molecule has 0 bridgehead atoms. The molecule has 0 amide bonds. The molecule has 2 heterocycles. The lowest BCUT2D eigenvalue weighted by Gasteiger charge is -2.60. The molecule has 0 aromatic heterocycles. The molecule has 0 spiro atoms. The molecule has 0 unspecified atom stereocenters. The summed E-state index contributed by atoms with van der Waals surface area (Å²) in [6.07, 6.45) is 6.49. The van der Waals surface area contributed by atoms with E-state index in [0.717, 1.165) is 25.7 Å². The van der Waals surface area contributed by atoms with Gasteiger partial charge in [0.05, 0.1) is 18.1 Å². The monoisotopic (exact) mass is 486 g/mol. The highest BCUT2D eigenvalue weighted by atomic mass is 16.6. The second kappa shape index (κ2) is 7.27. The van der Waals surface area contributed by atoms with Crippen molar-refractivity contribution in [2.45, 2.75) is 95.7 Å². The molecule has 7 heteroatoms. The molecule has 1 saturated heterocycles. The number of hydrogen-bond acceptors (Lipinski definition) is 7. The number of ketones is 1. The van der Waals surface area contributed by atoms with E-state index < -0.39 is 28.7 Å². The molecular formula is C28H38O7. The molecule has 4 aliphatic carbocycles. The first-order valence-corrected chi connectivity index (χ1v) is 13.2. The van der Waals surface area contributed by atoms with Gasteiger partial charge in [0.15, 0.2) is 5.78 Å². The van der Waals surface area contributed by atoms with Crippen molar-refractivity contribution in [1.82, 2.24) is 0 Å². The van der Waals surface area contributed by atoms with Crippen molar-refractivity contribution < 1.29 is 34.4 Å². The number of rotatable bonds is 3. The molecule has 6 aliphatic rings. The zero-order chi connectivity index (χ0) is 25.1. The third-order valence-electron chi connectivity index (χ3n) is 11.6. The van der Waals surface area contributed by atoms with Crippen LogP contribution in [0.3, 0.4) is 0 Å². The van der Waals surface area contributed by atoms with Crippen LogP contribution in [0.15, 0.2) is 23.3 Å². The lowest BCUT2D eigenvalue weighted by Crippen LogP contribution is -2.67. The van der Waals surface area contributed by atoms with E-state index in [9.17, 15) is 24.9 Å². The van der Waals surface area contributed by atoms with Crippen molar-refractivity contribution in [1.29, 1.82) is 0 Å². The van der Waals surface area contributed by atoms with Crippen LogP contribution in [-0.4, -0.2) is 63.2 Å². The number of ether oxygens (including phenoxy) is 2. The maximum Gasteiger partial charge on any atom is 0.334 e. The number of allylic oxidation sites excluding steroid dienone is 1. The summed E-state index contributed by atoms with van der Waals surface area (Å²) in [4.78, 5) is 25.8. The van der Waals surface area contributed by atoms with Crippen LogP contribution in [0.1, 0.15) is 66.2 Å². The van der Waals surface area contributed by atoms with Crippen LogP contribution in [0.4, 0.5) is 0 Å². The summed E-state index contributed by atoms with van der Waals surface area (Å²) in [5, 5.41) is 33.4. The number of esters is 1. The second-order valence-electron chi connectivity index (χ2n) is 12.8. The second-order valence-corrected chi connectivity index (χ2v) is 12.8. The molecule has 3 saturated carbocycles. The highest BCUT2D eigenvalue weighted by molar-refractivity contribution is 5.97. The van der Waals surface area contributed by atoms with E-state index in [1.54, 1.807) is 26.0 Å². The van der Waals surface area contributed by atoms with Gasteiger partial charge < -0.3 is 24.8 Å². The van der Waals surface area contributed by atoms with Crippen LogP contribution in [0, 0.1) is 34.5 Å². The Labute approximate surface area is 206 Å². The lowest BCUT2D eigenvalue weighted by atomic mass is 9.43. The molecule has 11 atom stereocenters. The van der Waals surface area contributed by atoms with Gasteiger partial charge in [0, 0.05) is 12.0 Å². The van der Waals surface area contributed by atoms with Gasteiger partial charge in [-0.15, -0.1) is 0 Å². The van der Waals surface area contributed by atoms with Gasteiger partial charge in [0.1, 0.15) is 23.4 Å². The molecular weight excluding hydrogens is 448 g/mol. The Balaban J connectivity index is 1.32. The third kappa shape index (κ3) is 2.81. The molecule has 4 fully saturated rings. The fourth-order valence-corrected chi connectivity index (χ4v) is 9.46. The minimum atomic E-state index is -1.25. The summed E-state index contributed by atoms with van der Waals surface area (Å²) in [7, 11) is 0. The average molecular weight is 487 g/mol. The van der Waals surface area contributed by atoms with Gasteiger partial charge in [0.25, 0.3) is 0 Å². The highest BCUT2D eigenvalue weighted by Crippen LogP contribution is 2.72. The summed E-state index contributed by atoms with van der Waals surface area (Å²) in [5.74, 6) is -0.106. The van der Waals surface area contributed by atoms with Crippen molar-refractivity contribution in [3.8, 4) is 0 Å². The number of hydrogen-bond donors (Lipinski definition) is 3. The SMILES string of the molecule is CC1=C(CO)C[C@H]([C@](C)(O)[C@H]2CC[C@H]3[C@@H]4[C@@H]5O[C@@H]5[C@@]5(O)CC=CC(=O)[C@]5(C)[C@H]4CC[C@]23C)OC1=O. The number of aliphatic hydroxyl groups is 3. The molecule has 192 valence electrons. The maximum absolute atomic E-state index is 13.3. The van der Waals surface area contributed by atoms with E-state index in [2.05, 4.69) is 6.92 Å². The van der Waals surface area contributed by atoms with Gasteiger partial charge in [-0.3, -0.25) is 4.79 Å². The van der Waals surface area contributed by atoms with Crippen molar-refractivity contribution in [3.05, 3.63) is 23.3 Å². The quantitative estimate of drug-likeness (QED) is 0.414. The normalized spacial score (nSPS) is 52.1. The number of epoxide rings is 1. The molecule has 0 radical (unpaired) electrons. The number of fused-ring (bicyclic) bond motifs is 8. The first-order valence-electron chi connectivity index (χ1n) is 13.2. The lowest BCUT2D eigenvalue weighted by molar-refractivity contribution is -0.195. The number of carbonyl (C=O) groups excluding carboxylic acids is 2. The molecule has 2 aliphatic heterocycles. The predicted molar refractivity (Wildman–Crippen MR) is 126 cm³/mol. The zero-order valence-electron chi connectivity index (χ0n) is 21.1. The summed E-state index contributed by atoms with van der Waals surface area (Å²) >= 11 is 0. The van der Waals surface area contributed by atoms with Crippen molar-refractivity contribution in [3.63, 3.8) is 0 Å². The van der Waals surface area contributed by atoms with Crippen LogP contribution in [0.2, 0.25) is 0 Å². The topological polar surface area (TPSA) is 117 Å². The molecule has 6 rings (SSSR count). The first-order chi connectivity index (χ1) is 16.4. The van der Waals surface area contributed by atoms with Crippen LogP contribution >= 0.6 is 0 Å². The van der Waals surface area contributed by atoms with E-state index in [4.69, 9.17) is 9.47 Å². The minimum Gasteiger partial charge on any atom is -0.456 e. The van der Waals surface area contributed by atoms with Crippen LogP contribution < -0.4 is 0 Å². The Morgan fingerprint density at radius 2 is 1.91 bits per heavy atom. The van der Waals surface area contributed by atoms with Crippen molar-refractivity contribution >= 4 is 11.8 Å². The number of aliphatic hydroxyl groups excluding tert-OH is 1. The van der Waals surface area contributed by atoms with Gasteiger partial charge >= 0.3 is 5.97 Å². The molecule has 0 aromatic carbocycles. The van der Waals surface area contributed by atoms with E-state index in [1.165, 1.54) is 0 Å². The van der Waals surface area contributed by atoms with E-state index >= 15 is 0 Å². The third-order valence-corrected chi connectivity index (χ3v) is 11.6. The fraction of sp³-hybridized carbons (Fsp3) is 0.786.